The number of carbonyl (C=O) groups is 1. The van der Waals surface area contributed by atoms with E-state index in [9.17, 15) is 4.79 Å². The molecule has 0 saturated heterocycles. The average Bonchev–Trinajstić information content (AvgIpc) is 2.94. The number of carbonyl (C=O) groups excluding carboxylic acids is 1. The van der Waals surface area contributed by atoms with E-state index in [4.69, 9.17) is 0 Å². The van der Waals surface area contributed by atoms with Crippen LogP contribution in [-0.4, -0.2) is 5.52 Å². The second-order valence-electron chi connectivity index (χ2n) is 14.2. The standard InChI is InChI=1S/C39H75OP/c1-5-7-9-11-12-17-23-29-37-35(27-21-10-8-6-2)32-33-36(28-22-16-14-19-25-31-39(40)41)38(37)30-24-18-13-15-20-26-34(3)4/h35-38H,3,5-33,41H2,1-2,4H3. The third-order valence-corrected chi connectivity index (χ3v) is 10.7. The van der Waals surface area contributed by atoms with Crippen molar-refractivity contribution in [1.82, 2.24) is 0 Å². The lowest BCUT2D eigenvalue weighted by Gasteiger charge is -2.44. The summed E-state index contributed by atoms with van der Waals surface area (Å²) in [4.78, 5) is 11.2. The van der Waals surface area contributed by atoms with Crippen molar-refractivity contribution >= 4 is 14.8 Å². The minimum atomic E-state index is 0.280. The number of hydrogen-bond acceptors (Lipinski definition) is 1. The molecular formula is C39H75OP. The predicted octanol–water partition coefficient (Wildman–Crippen LogP) is 13.8. The topological polar surface area (TPSA) is 17.1 Å². The fourth-order valence-electron chi connectivity index (χ4n) is 7.92. The summed E-state index contributed by atoms with van der Waals surface area (Å²) in [6.45, 7) is 11.0. The molecule has 0 heterocycles. The highest BCUT2D eigenvalue weighted by molar-refractivity contribution is 7.40. The van der Waals surface area contributed by atoms with E-state index in [0.717, 1.165) is 36.5 Å². The zero-order valence-corrected chi connectivity index (χ0v) is 29.7. The van der Waals surface area contributed by atoms with Crippen LogP contribution in [-0.2, 0) is 4.79 Å². The maximum Gasteiger partial charge on any atom is 0.148 e. The fourth-order valence-corrected chi connectivity index (χ4v) is 8.12. The van der Waals surface area contributed by atoms with E-state index in [2.05, 4.69) is 36.6 Å². The number of allylic oxidation sites excluding steroid dienone is 1. The van der Waals surface area contributed by atoms with E-state index in [1.54, 1.807) is 0 Å². The Morgan fingerprint density at radius 3 is 1.29 bits per heavy atom. The van der Waals surface area contributed by atoms with Gasteiger partial charge in [-0.1, -0.05) is 163 Å². The van der Waals surface area contributed by atoms with Gasteiger partial charge in [0.05, 0.1) is 0 Å². The third-order valence-electron chi connectivity index (χ3n) is 10.4. The van der Waals surface area contributed by atoms with E-state index in [1.807, 2.05) is 0 Å². The quantitative estimate of drug-likeness (QED) is 0.0481. The Bertz CT molecular complexity index is 613. The van der Waals surface area contributed by atoms with Gasteiger partial charge in [0.25, 0.3) is 0 Å². The molecule has 1 aliphatic carbocycles. The van der Waals surface area contributed by atoms with Gasteiger partial charge in [-0.25, -0.2) is 0 Å². The van der Waals surface area contributed by atoms with Crippen molar-refractivity contribution in [2.45, 2.75) is 207 Å². The molecule has 0 spiro atoms. The van der Waals surface area contributed by atoms with Gasteiger partial charge in [0.2, 0.25) is 0 Å². The van der Waals surface area contributed by atoms with Crippen molar-refractivity contribution in [2.24, 2.45) is 23.7 Å². The normalized spacial score (nSPS) is 20.9. The maximum absolute atomic E-state index is 11.2. The molecular weight excluding hydrogens is 515 g/mol. The number of rotatable bonds is 29. The molecule has 2 heteroatoms. The van der Waals surface area contributed by atoms with Crippen LogP contribution in [0.25, 0.3) is 0 Å². The summed E-state index contributed by atoms with van der Waals surface area (Å²) in [5.74, 6) is 3.98. The molecule has 242 valence electrons. The molecule has 0 N–H and O–H groups in total. The molecule has 0 aromatic carbocycles. The minimum Gasteiger partial charge on any atom is -0.295 e. The third kappa shape index (κ3) is 21.2. The van der Waals surface area contributed by atoms with Crippen LogP contribution in [0.5, 0.6) is 0 Å². The lowest BCUT2D eigenvalue weighted by Crippen LogP contribution is -2.35. The van der Waals surface area contributed by atoms with Crippen molar-refractivity contribution in [3.05, 3.63) is 12.2 Å². The van der Waals surface area contributed by atoms with Gasteiger partial charge in [0, 0.05) is 6.42 Å². The molecule has 0 aliphatic heterocycles. The van der Waals surface area contributed by atoms with Crippen LogP contribution in [0.3, 0.4) is 0 Å². The van der Waals surface area contributed by atoms with Crippen molar-refractivity contribution < 1.29 is 4.79 Å². The van der Waals surface area contributed by atoms with Crippen LogP contribution in [0.15, 0.2) is 12.2 Å². The van der Waals surface area contributed by atoms with Crippen molar-refractivity contribution in [1.29, 1.82) is 0 Å². The summed E-state index contributed by atoms with van der Waals surface area (Å²) in [6, 6.07) is 0. The van der Waals surface area contributed by atoms with Crippen LogP contribution in [0.2, 0.25) is 0 Å². The summed E-state index contributed by atoms with van der Waals surface area (Å²) in [7, 11) is 2.34. The van der Waals surface area contributed by atoms with Crippen LogP contribution < -0.4 is 0 Å². The fraction of sp³-hybridized carbons (Fsp3) is 0.923. The summed E-state index contributed by atoms with van der Waals surface area (Å²) >= 11 is 0. The first-order valence-electron chi connectivity index (χ1n) is 18.9. The minimum absolute atomic E-state index is 0.280. The van der Waals surface area contributed by atoms with E-state index in [-0.39, 0.29) is 5.52 Å². The summed E-state index contributed by atoms with van der Waals surface area (Å²) in [5, 5.41) is 0. The molecule has 5 atom stereocenters. The van der Waals surface area contributed by atoms with Gasteiger partial charge in [0.15, 0.2) is 0 Å². The highest BCUT2D eigenvalue weighted by Crippen LogP contribution is 2.47. The molecule has 0 bridgehead atoms. The Morgan fingerprint density at radius 2 is 0.878 bits per heavy atom. The second kappa shape index (κ2) is 27.4. The van der Waals surface area contributed by atoms with Crippen LogP contribution >= 0.6 is 9.24 Å². The van der Waals surface area contributed by atoms with Crippen molar-refractivity contribution in [3.63, 3.8) is 0 Å². The first kappa shape index (κ1) is 38.9. The van der Waals surface area contributed by atoms with Gasteiger partial charge in [-0.3, -0.25) is 4.79 Å². The summed E-state index contributed by atoms with van der Waals surface area (Å²) in [5.41, 5.74) is 1.63. The van der Waals surface area contributed by atoms with Gasteiger partial charge in [0.1, 0.15) is 5.52 Å². The molecule has 0 radical (unpaired) electrons. The Morgan fingerprint density at radius 1 is 0.537 bits per heavy atom. The first-order valence-corrected chi connectivity index (χ1v) is 19.5. The summed E-state index contributed by atoms with van der Waals surface area (Å²) < 4.78 is 0. The molecule has 5 unspecified atom stereocenters. The van der Waals surface area contributed by atoms with Gasteiger partial charge in [-0.05, 0) is 75.5 Å². The zero-order chi connectivity index (χ0) is 30.0. The van der Waals surface area contributed by atoms with E-state index in [0.29, 0.717) is 0 Å². The first-order chi connectivity index (χ1) is 20.0. The molecule has 1 nitrogen and oxygen atoms in total. The van der Waals surface area contributed by atoms with E-state index >= 15 is 0 Å². The van der Waals surface area contributed by atoms with Crippen molar-refractivity contribution in [3.8, 4) is 0 Å². The van der Waals surface area contributed by atoms with Gasteiger partial charge < -0.3 is 0 Å². The highest BCUT2D eigenvalue weighted by Gasteiger charge is 2.37. The molecule has 1 aliphatic rings. The highest BCUT2D eigenvalue weighted by atomic mass is 31.0. The molecule has 1 saturated carbocycles. The zero-order valence-electron chi connectivity index (χ0n) is 28.5. The number of hydrogen-bond donors (Lipinski definition) is 0. The predicted molar refractivity (Wildman–Crippen MR) is 189 cm³/mol. The lowest BCUT2D eigenvalue weighted by atomic mass is 9.61. The monoisotopic (exact) mass is 591 g/mol. The second-order valence-corrected chi connectivity index (χ2v) is 14.9. The maximum atomic E-state index is 11.2. The molecule has 0 aromatic heterocycles. The molecule has 1 fully saturated rings. The lowest BCUT2D eigenvalue weighted by molar-refractivity contribution is -0.111. The SMILES string of the molecule is C=C(C)CCCCCCCC1C(CCCCCCCC(=O)P)CCC(CCCCCC)C1CCCCCCCCC. The Balaban J connectivity index is 2.71. The Labute approximate surface area is 261 Å². The van der Waals surface area contributed by atoms with Gasteiger partial charge >= 0.3 is 0 Å². The van der Waals surface area contributed by atoms with E-state index in [1.165, 1.54) is 179 Å². The van der Waals surface area contributed by atoms with E-state index < -0.39 is 0 Å². The average molecular weight is 591 g/mol. The molecule has 0 amide bonds. The summed E-state index contributed by atoms with van der Waals surface area (Å²) in [6.07, 6.45) is 40.4. The number of unbranched alkanes of at least 4 members (excludes halogenated alkanes) is 17. The van der Waals surface area contributed by atoms with Crippen LogP contribution in [0, 0.1) is 23.7 Å². The molecule has 0 aromatic rings. The van der Waals surface area contributed by atoms with Gasteiger partial charge in [-0.2, -0.15) is 0 Å². The smallest absolute Gasteiger partial charge is 0.148 e. The Hall–Kier alpha value is -0.160. The molecule has 41 heavy (non-hydrogen) atoms. The van der Waals surface area contributed by atoms with Crippen LogP contribution in [0.1, 0.15) is 207 Å². The largest absolute Gasteiger partial charge is 0.295 e. The van der Waals surface area contributed by atoms with Gasteiger partial charge in [-0.15, -0.1) is 6.58 Å². The van der Waals surface area contributed by atoms with Crippen LogP contribution in [0.4, 0.5) is 0 Å². The van der Waals surface area contributed by atoms with Crippen molar-refractivity contribution in [2.75, 3.05) is 0 Å². The Kier molecular flexibility index (Phi) is 26.0. The molecule has 1 rings (SSSR count).